The van der Waals surface area contributed by atoms with E-state index in [9.17, 15) is 9.59 Å². The minimum Gasteiger partial charge on any atom is -0.346 e. The lowest BCUT2D eigenvalue weighted by Crippen LogP contribution is -2.27. The predicted octanol–water partition coefficient (Wildman–Crippen LogP) is 3.92. The second kappa shape index (κ2) is 7.09. The molecule has 0 radical (unpaired) electrons. The van der Waals surface area contributed by atoms with Crippen molar-refractivity contribution in [2.75, 3.05) is 11.4 Å². The van der Waals surface area contributed by atoms with Gasteiger partial charge in [0, 0.05) is 24.2 Å². The second-order valence-electron chi connectivity index (χ2n) is 6.75. The average Bonchev–Trinajstić information content (AvgIpc) is 3.00. The number of rotatable bonds is 4. The van der Waals surface area contributed by atoms with Crippen molar-refractivity contribution >= 4 is 17.5 Å². The van der Waals surface area contributed by atoms with Crippen molar-refractivity contribution < 1.29 is 9.59 Å². The summed E-state index contributed by atoms with van der Waals surface area (Å²) in [7, 11) is 0. The van der Waals surface area contributed by atoms with Crippen LogP contribution in [0.1, 0.15) is 52.9 Å². The highest BCUT2D eigenvalue weighted by atomic mass is 16.2. The van der Waals surface area contributed by atoms with E-state index in [1.807, 2.05) is 19.1 Å². The third-order valence-electron chi connectivity index (χ3n) is 4.75. The smallest absolute Gasteiger partial charge is 0.251 e. The van der Waals surface area contributed by atoms with Crippen molar-refractivity contribution in [2.45, 2.75) is 39.7 Å². The van der Waals surface area contributed by atoms with E-state index >= 15 is 0 Å². The number of carbonyl (C=O) groups is 2. The van der Waals surface area contributed by atoms with Crippen LogP contribution in [-0.2, 0) is 4.79 Å². The first-order chi connectivity index (χ1) is 12.0. The van der Waals surface area contributed by atoms with Gasteiger partial charge in [0.1, 0.15) is 0 Å². The Kier molecular flexibility index (Phi) is 4.88. The molecule has 0 aliphatic carbocycles. The van der Waals surface area contributed by atoms with Gasteiger partial charge in [-0.25, -0.2) is 0 Å². The van der Waals surface area contributed by atoms with Gasteiger partial charge in [-0.1, -0.05) is 23.8 Å². The van der Waals surface area contributed by atoms with Gasteiger partial charge in [0.05, 0.1) is 6.04 Å². The summed E-state index contributed by atoms with van der Waals surface area (Å²) in [5.74, 6) is 0.0486. The maximum absolute atomic E-state index is 12.5. The van der Waals surface area contributed by atoms with Crippen LogP contribution in [0.4, 0.5) is 5.69 Å². The third kappa shape index (κ3) is 3.73. The zero-order valence-corrected chi connectivity index (χ0v) is 15.0. The summed E-state index contributed by atoms with van der Waals surface area (Å²) < 4.78 is 0. The van der Waals surface area contributed by atoms with Crippen molar-refractivity contribution in [1.82, 2.24) is 5.32 Å². The van der Waals surface area contributed by atoms with Crippen molar-refractivity contribution in [2.24, 2.45) is 0 Å². The van der Waals surface area contributed by atoms with E-state index in [1.54, 1.807) is 17.0 Å². The molecule has 1 fully saturated rings. The number of aryl methyl sites for hydroxylation is 2. The molecule has 4 heteroatoms. The Bertz CT molecular complexity index is 796. The van der Waals surface area contributed by atoms with Gasteiger partial charge in [-0.2, -0.15) is 0 Å². The Balaban J connectivity index is 1.69. The van der Waals surface area contributed by atoms with Crippen LogP contribution in [-0.4, -0.2) is 18.4 Å². The molecule has 2 aromatic carbocycles. The van der Waals surface area contributed by atoms with Crippen LogP contribution < -0.4 is 10.2 Å². The highest BCUT2D eigenvalue weighted by Crippen LogP contribution is 2.22. The largest absolute Gasteiger partial charge is 0.346 e. The topological polar surface area (TPSA) is 49.4 Å². The Morgan fingerprint density at radius 2 is 1.84 bits per heavy atom. The normalized spacial score (nSPS) is 15.3. The monoisotopic (exact) mass is 336 g/mol. The Labute approximate surface area is 148 Å². The van der Waals surface area contributed by atoms with Gasteiger partial charge in [-0.05, 0) is 62.6 Å². The van der Waals surface area contributed by atoms with Gasteiger partial charge in [-0.3, -0.25) is 9.59 Å². The number of anilines is 1. The number of benzene rings is 2. The van der Waals surface area contributed by atoms with E-state index in [2.05, 4.69) is 37.4 Å². The maximum atomic E-state index is 12.5. The van der Waals surface area contributed by atoms with E-state index in [4.69, 9.17) is 0 Å². The van der Waals surface area contributed by atoms with Gasteiger partial charge in [0.25, 0.3) is 5.91 Å². The summed E-state index contributed by atoms with van der Waals surface area (Å²) in [6, 6.07) is 13.5. The molecular formula is C21H24N2O2. The molecule has 1 aliphatic rings. The van der Waals surface area contributed by atoms with E-state index in [0.29, 0.717) is 12.0 Å². The number of hydrogen-bond acceptors (Lipinski definition) is 2. The molecule has 130 valence electrons. The van der Waals surface area contributed by atoms with Gasteiger partial charge < -0.3 is 10.2 Å². The third-order valence-corrected chi connectivity index (χ3v) is 4.75. The van der Waals surface area contributed by atoms with Gasteiger partial charge in [0.2, 0.25) is 5.91 Å². The lowest BCUT2D eigenvalue weighted by molar-refractivity contribution is -0.117. The average molecular weight is 336 g/mol. The summed E-state index contributed by atoms with van der Waals surface area (Å²) in [5, 5.41) is 3.05. The molecular weight excluding hydrogens is 312 g/mol. The minimum absolute atomic E-state index is 0.0621. The van der Waals surface area contributed by atoms with Crippen LogP contribution in [0.2, 0.25) is 0 Å². The number of amides is 2. The molecule has 1 atom stereocenters. The van der Waals surface area contributed by atoms with Crippen molar-refractivity contribution in [3.63, 3.8) is 0 Å². The van der Waals surface area contributed by atoms with E-state index in [0.717, 1.165) is 24.2 Å². The zero-order valence-electron chi connectivity index (χ0n) is 15.0. The second-order valence-corrected chi connectivity index (χ2v) is 6.75. The fourth-order valence-electron chi connectivity index (χ4n) is 3.38. The van der Waals surface area contributed by atoms with Crippen molar-refractivity contribution in [3.05, 3.63) is 64.7 Å². The van der Waals surface area contributed by atoms with Crippen LogP contribution in [0.15, 0.2) is 42.5 Å². The van der Waals surface area contributed by atoms with E-state index < -0.39 is 0 Å². The van der Waals surface area contributed by atoms with Gasteiger partial charge >= 0.3 is 0 Å². The Morgan fingerprint density at radius 1 is 1.12 bits per heavy atom. The molecule has 1 saturated heterocycles. The van der Waals surface area contributed by atoms with Crippen LogP contribution in [0, 0.1) is 13.8 Å². The molecule has 2 amide bonds. The predicted molar refractivity (Wildman–Crippen MR) is 99.8 cm³/mol. The fourth-order valence-corrected chi connectivity index (χ4v) is 3.38. The van der Waals surface area contributed by atoms with Crippen LogP contribution in [0.3, 0.4) is 0 Å². The van der Waals surface area contributed by atoms with Crippen molar-refractivity contribution in [3.8, 4) is 0 Å². The molecule has 0 saturated carbocycles. The number of hydrogen-bond donors (Lipinski definition) is 1. The summed E-state index contributed by atoms with van der Waals surface area (Å²) in [4.78, 5) is 26.1. The van der Waals surface area contributed by atoms with Crippen molar-refractivity contribution in [1.29, 1.82) is 0 Å². The van der Waals surface area contributed by atoms with Gasteiger partial charge in [-0.15, -0.1) is 0 Å². The SMILES string of the molecule is Cc1ccc([C@H](C)NC(=O)c2ccc(N3CCCC3=O)cc2)c(C)c1. The Hall–Kier alpha value is -2.62. The van der Waals surface area contributed by atoms with Crippen LogP contribution in [0.5, 0.6) is 0 Å². The lowest BCUT2D eigenvalue weighted by atomic mass is 10.00. The lowest BCUT2D eigenvalue weighted by Gasteiger charge is -2.18. The fraction of sp³-hybridized carbons (Fsp3) is 0.333. The molecule has 25 heavy (non-hydrogen) atoms. The summed E-state index contributed by atoms with van der Waals surface area (Å²) in [6.45, 7) is 6.88. The first kappa shape index (κ1) is 17.2. The zero-order chi connectivity index (χ0) is 18.0. The summed E-state index contributed by atoms with van der Waals surface area (Å²) in [5.41, 5.74) is 4.98. The summed E-state index contributed by atoms with van der Waals surface area (Å²) in [6.07, 6.45) is 1.50. The first-order valence-corrected chi connectivity index (χ1v) is 8.74. The standard InChI is InChI=1S/C21H24N2O2/c1-14-6-11-19(15(2)13-14)16(3)22-21(25)17-7-9-18(10-8-17)23-12-4-5-20(23)24/h6-11,13,16H,4-5,12H2,1-3H3,(H,22,25)/t16-/m0/s1. The summed E-state index contributed by atoms with van der Waals surface area (Å²) >= 11 is 0. The Morgan fingerprint density at radius 3 is 2.44 bits per heavy atom. The number of nitrogens with zero attached hydrogens (tertiary/aromatic N) is 1. The molecule has 4 nitrogen and oxygen atoms in total. The first-order valence-electron chi connectivity index (χ1n) is 8.74. The van der Waals surface area contributed by atoms with E-state index in [-0.39, 0.29) is 17.9 Å². The highest BCUT2D eigenvalue weighted by molar-refractivity contribution is 5.97. The molecule has 1 N–H and O–H groups in total. The highest BCUT2D eigenvalue weighted by Gasteiger charge is 2.22. The van der Waals surface area contributed by atoms with E-state index in [1.165, 1.54) is 11.1 Å². The van der Waals surface area contributed by atoms with Crippen LogP contribution >= 0.6 is 0 Å². The molecule has 0 aromatic heterocycles. The number of carbonyl (C=O) groups excluding carboxylic acids is 2. The molecule has 0 spiro atoms. The van der Waals surface area contributed by atoms with Gasteiger partial charge in [0.15, 0.2) is 0 Å². The molecule has 3 rings (SSSR count). The quantitative estimate of drug-likeness (QED) is 0.920. The molecule has 0 bridgehead atoms. The molecule has 2 aromatic rings. The van der Waals surface area contributed by atoms with Crippen LogP contribution in [0.25, 0.3) is 0 Å². The molecule has 0 unspecified atom stereocenters. The molecule has 1 aliphatic heterocycles. The molecule has 1 heterocycles. The number of nitrogens with one attached hydrogen (secondary N) is 1. The maximum Gasteiger partial charge on any atom is 0.251 e. The minimum atomic E-state index is -0.105.